The third-order valence-corrected chi connectivity index (χ3v) is 5.86. The van der Waals surface area contributed by atoms with E-state index in [1.54, 1.807) is 48.3 Å². The van der Waals surface area contributed by atoms with Crippen LogP contribution in [0.1, 0.15) is 45.9 Å². The summed E-state index contributed by atoms with van der Waals surface area (Å²) in [4.78, 5) is 22.2. The Bertz CT molecular complexity index is 1520. The Hall–Kier alpha value is -4.35. The fourth-order valence-corrected chi connectivity index (χ4v) is 4.34. The van der Waals surface area contributed by atoms with Gasteiger partial charge < -0.3 is 18.7 Å². The van der Waals surface area contributed by atoms with E-state index >= 15 is 0 Å². The van der Waals surface area contributed by atoms with Gasteiger partial charge in [-0.2, -0.15) is 5.10 Å². The number of hydrogen-bond donors (Lipinski definition) is 1. The number of H-pyrrole nitrogens is 1. The number of amides is 1. The lowest BCUT2D eigenvalue weighted by Crippen LogP contribution is -2.41. The molecule has 6 rings (SSSR count). The number of nitrogens with zero attached hydrogens (tertiary/aromatic N) is 6. The predicted octanol–water partition coefficient (Wildman–Crippen LogP) is 3.66. The number of benzene rings is 1. The molecule has 0 radical (unpaired) electrons. The van der Waals surface area contributed by atoms with Crippen LogP contribution >= 0.6 is 0 Å². The zero-order chi connectivity index (χ0) is 23.4. The number of furan rings is 1. The number of aryl methyl sites for hydroxylation is 1. The Balaban J connectivity index is 1.46. The highest BCUT2D eigenvalue weighted by Gasteiger charge is 2.41. The SMILES string of the molecule is Cn1ccc(-c2nnc(C(=O)N3CCc4[nH]cnc4[C@@H]3c3oc4ccccc4c3C(F)F)o2)n1. The van der Waals surface area contributed by atoms with E-state index in [1.165, 1.54) is 11.2 Å². The fourth-order valence-electron chi connectivity index (χ4n) is 4.34. The summed E-state index contributed by atoms with van der Waals surface area (Å²) in [6.07, 6.45) is 0.804. The van der Waals surface area contributed by atoms with E-state index < -0.39 is 18.4 Å². The van der Waals surface area contributed by atoms with Crippen LogP contribution in [0.3, 0.4) is 0 Å². The molecule has 0 saturated carbocycles. The number of nitrogens with one attached hydrogen (secondary N) is 1. The first kappa shape index (κ1) is 20.3. The number of hydrogen-bond acceptors (Lipinski definition) is 7. The summed E-state index contributed by atoms with van der Waals surface area (Å²) in [7, 11) is 1.74. The molecule has 1 aromatic carbocycles. The summed E-state index contributed by atoms with van der Waals surface area (Å²) in [6.45, 7) is 0.208. The van der Waals surface area contributed by atoms with Gasteiger partial charge in [0.2, 0.25) is 0 Å². The summed E-state index contributed by atoms with van der Waals surface area (Å²) in [5, 5.41) is 12.3. The van der Waals surface area contributed by atoms with Crippen molar-refractivity contribution in [1.82, 2.24) is 34.8 Å². The quantitative estimate of drug-likeness (QED) is 0.430. The van der Waals surface area contributed by atoms with Gasteiger partial charge in [-0.25, -0.2) is 13.8 Å². The summed E-state index contributed by atoms with van der Waals surface area (Å²) >= 11 is 0. The highest BCUT2D eigenvalue weighted by atomic mass is 19.3. The van der Waals surface area contributed by atoms with E-state index in [0.717, 1.165) is 5.69 Å². The second-order valence-corrected chi connectivity index (χ2v) is 7.88. The summed E-state index contributed by atoms with van der Waals surface area (Å²) in [6, 6.07) is 7.22. The lowest BCUT2D eigenvalue weighted by molar-refractivity contribution is 0.0623. The van der Waals surface area contributed by atoms with Crippen molar-refractivity contribution in [3.63, 3.8) is 0 Å². The third-order valence-electron chi connectivity index (χ3n) is 5.86. The number of imidazole rings is 1. The molecule has 0 unspecified atom stereocenters. The molecular weight excluding hydrogens is 448 g/mol. The van der Waals surface area contributed by atoms with Gasteiger partial charge in [-0.1, -0.05) is 18.2 Å². The number of aromatic nitrogens is 6. The van der Waals surface area contributed by atoms with Gasteiger partial charge in [0.1, 0.15) is 23.1 Å². The van der Waals surface area contributed by atoms with Gasteiger partial charge in [-0.3, -0.25) is 9.48 Å². The normalized spacial score (nSPS) is 15.9. The topological polar surface area (TPSA) is 119 Å². The second kappa shape index (κ2) is 7.61. The molecule has 5 aromatic rings. The molecule has 5 heterocycles. The minimum Gasteiger partial charge on any atom is -0.458 e. The van der Waals surface area contributed by atoms with E-state index in [9.17, 15) is 13.6 Å². The molecule has 0 saturated heterocycles. The smallest absolute Gasteiger partial charge is 0.312 e. The molecule has 172 valence electrons. The molecule has 0 spiro atoms. The van der Waals surface area contributed by atoms with E-state index in [0.29, 0.717) is 23.4 Å². The van der Waals surface area contributed by atoms with Crippen LogP contribution in [0.15, 0.2) is 51.7 Å². The lowest BCUT2D eigenvalue weighted by atomic mass is 9.97. The number of rotatable bonds is 4. The van der Waals surface area contributed by atoms with Crippen molar-refractivity contribution in [3.05, 3.63) is 71.5 Å². The number of aromatic amines is 1. The van der Waals surface area contributed by atoms with Gasteiger partial charge in [0.05, 0.1) is 17.6 Å². The minimum atomic E-state index is -2.82. The maximum atomic E-state index is 14.3. The zero-order valence-electron chi connectivity index (χ0n) is 17.8. The van der Waals surface area contributed by atoms with E-state index in [2.05, 4.69) is 25.3 Å². The Morgan fingerprint density at radius 1 is 1.21 bits per heavy atom. The molecule has 0 fully saturated rings. The Labute approximate surface area is 190 Å². The average molecular weight is 465 g/mol. The number of carbonyl (C=O) groups is 1. The van der Waals surface area contributed by atoms with Gasteiger partial charge in [0.25, 0.3) is 12.3 Å². The maximum Gasteiger partial charge on any atom is 0.312 e. The van der Waals surface area contributed by atoms with Crippen molar-refractivity contribution >= 4 is 16.9 Å². The van der Waals surface area contributed by atoms with Crippen LogP contribution in [-0.2, 0) is 13.5 Å². The van der Waals surface area contributed by atoms with E-state index in [-0.39, 0.29) is 35.0 Å². The molecule has 1 N–H and O–H groups in total. The molecule has 1 atom stereocenters. The lowest BCUT2D eigenvalue weighted by Gasteiger charge is -2.33. The Kier molecular flexibility index (Phi) is 4.54. The Morgan fingerprint density at radius 3 is 2.85 bits per heavy atom. The van der Waals surface area contributed by atoms with E-state index in [1.807, 2.05) is 0 Å². The van der Waals surface area contributed by atoms with Crippen molar-refractivity contribution < 1.29 is 22.4 Å². The van der Waals surface area contributed by atoms with Crippen molar-refractivity contribution in [2.45, 2.75) is 18.9 Å². The first-order chi connectivity index (χ1) is 16.5. The van der Waals surface area contributed by atoms with Gasteiger partial charge in [-0.15, -0.1) is 10.2 Å². The standard InChI is InChI=1S/C22H17F2N7O3/c1-30-8-6-13(29-30)20-27-28-21(34-20)22(32)31-9-7-12-16(26-10-25-12)17(31)18-15(19(23)24)11-4-2-3-5-14(11)33-18/h2-6,8,10,17,19H,7,9H2,1H3,(H,25,26)/t17-/m1/s1. The van der Waals surface area contributed by atoms with Gasteiger partial charge in [0, 0.05) is 37.3 Å². The Morgan fingerprint density at radius 2 is 2.06 bits per heavy atom. The average Bonchev–Trinajstić information content (AvgIpc) is 3.62. The number of para-hydroxylation sites is 1. The van der Waals surface area contributed by atoms with Crippen LogP contribution in [0.25, 0.3) is 22.6 Å². The first-order valence-corrected chi connectivity index (χ1v) is 10.5. The number of fused-ring (bicyclic) bond motifs is 2. The van der Waals surface area contributed by atoms with Crippen molar-refractivity contribution in [1.29, 1.82) is 0 Å². The first-order valence-electron chi connectivity index (χ1n) is 10.5. The molecule has 1 aliphatic heterocycles. The van der Waals surface area contributed by atoms with Gasteiger partial charge in [-0.05, 0) is 12.1 Å². The fraction of sp³-hybridized carbons (Fsp3) is 0.227. The summed E-state index contributed by atoms with van der Waals surface area (Å²) in [5.74, 6) is -0.856. The third kappa shape index (κ3) is 3.10. The van der Waals surface area contributed by atoms with Crippen molar-refractivity contribution in [2.24, 2.45) is 7.05 Å². The van der Waals surface area contributed by atoms with Crippen LogP contribution in [0, 0.1) is 0 Å². The molecule has 10 nitrogen and oxygen atoms in total. The number of alkyl halides is 2. The largest absolute Gasteiger partial charge is 0.458 e. The molecular formula is C22H17F2N7O3. The molecule has 12 heteroatoms. The van der Waals surface area contributed by atoms with Crippen LogP contribution in [0.2, 0.25) is 0 Å². The summed E-state index contributed by atoms with van der Waals surface area (Å²) < 4.78 is 41.6. The molecule has 0 aliphatic carbocycles. The van der Waals surface area contributed by atoms with Crippen molar-refractivity contribution in [3.8, 4) is 11.6 Å². The zero-order valence-corrected chi connectivity index (χ0v) is 17.8. The maximum absolute atomic E-state index is 14.3. The second-order valence-electron chi connectivity index (χ2n) is 7.88. The monoisotopic (exact) mass is 465 g/mol. The minimum absolute atomic E-state index is 0.0398. The number of carbonyl (C=O) groups excluding carboxylic acids is 1. The highest BCUT2D eigenvalue weighted by Crippen LogP contribution is 2.43. The van der Waals surface area contributed by atoms with Crippen LogP contribution in [-0.4, -0.2) is 47.3 Å². The van der Waals surface area contributed by atoms with Crippen LogP contribution in [0.5, 0.6) is 0 Å². The van der Waals surface area contributed by atoms with Crippen LogP contribution in [0.4, 0.5) is 8.78 Å². The molecule has 0 bridgehead atoms. The van der Waals surface area contributed by atoms with Crippen LogP contribution < -0.4 is 0 Å². The number of halogens is 2. The van der Waals surface area contributed by atoms with E-state index in [4.69, 9.17) is 8.83 Å². The van der Waals surface area contributed by atoms with Crippen molar-refractivity contribution in [2.75, 3.05) is 6.54 Å². The summed E-state index contributed by atoms with van der Waals surface area (Å²) in [5.41, 5.74) is 1.63. The molecule has 34 heavy (non-hydrogen) atoms. The molecule has 1 amide bonds. The highest BCUT2D eigenvalue weighted by molar-refractivity contribution is 5.91. The van der Waals surface area contributed by atoms with Gasteiger partial charge in [0.15, 0.2) is 0 Å². The molecule has 1 aliphatic rings. The predicted molar refractivity (Wildman–Crippen MR) is 113 cm³/mol. The molecule has 4 aromatic heterocycles. The van der Waals surface area contributed by atoms with Gasteiger partial charge >= 0.3 is 11.8 Å².